The van der Waals surface area contributed by atoms with E-state index < -0.39 is 0 Å². The van der Waals surface area contributed by atoms with Gasteiger partial charge in [0.15, 0.2) is 0 Å². The molecule has 1 N–H and O–H groups in total. The third-order valence-electron chi connectivity index (χ3n) is 3.54. The maximum Gasteiger partial charge on any atom is 0.239 e. The van der Waals surface area contributed by atoms with Crippen LogP contribution in [0.4, 0.5) is 4.39 Å². The smallest absolute Gasteiger partial charge is 0.239 e. The van der Waals surface area contributed by atoms with Crippen LogP contribution >= 0.6 is 0 Å². The van der Waals surface area contributed by atoms with Crippen molar-refractivity contribution in [1.29, 1.82) is 0 Å². The maximum atomic E-state index is 13.2. The maximum absolute atomic E-state index is 13.2. The third-order valence-corrected chi connectivity index (χ3v) is 3.54. The molecule has 1 fully saturated rings. The van der Waals surface area contributed by atoms with Crippen LogP contribution in [-0.4, -0.2) is 43.2 Å². The number of ether oxygens (including phenoxy) is 1. The van der Waals surface area contributed by atoms with Crippen LogP contribution in [0.15, 0.2) is 24.3 Å². The van der Waals surface area contributed by atoms with Gasteiger partial charge in [-0.15, -0.1) is 0 Å². The zero-order chi connectivity index (χ0) is 14.5. The first-order chi connectivity index (χ1) is 9.58. The lowest BCUT2D eigenvalue weighted by Crippen LogP contribution is -2.49. The Kier molecular flexibility index (Phi) is 5.09. The van der Waals surface area contributed by atoms with Crippen LogP contribution in [0.1, 0.15) is 25.5 Å². The summed E-state index contributed by atoms with van der Waals surface area (Å²) in [7, 11) is 0. The molecular formula is C15H21FN2O2. The highest BCUT2D eigenvalue weighted by atomic mass is 19.1. The second-order valence-corrected chi connectivity index (χ2v) is 5.10. The molecule has 2 unspecified atom stereocenters. The Balaban J connectivity index is 1.92. The van der Waals surface area contributed by atoms with Crippen molar-refractivity contribution in [2.45, 2.75) is 25.9 Å². The van der Waals surface area contributed by atoms with E-state index in [9.17, 15) is 9.18 Å². The van der Waals surface area contributed by atoms with Gasteiger partial charge >= 0.3 is 0 Å². The van der Waals surface area contributed by atoms with Gasteiger partial charge in [0.2, 0.25) is 5.91 Å². The topological polar surface area (TPSA) is 41.6 Å². The lowest BCUT2D eigenvalue weighted by molar-refractivity contribution is -0.137. The van der Waals surface area contributed by atoms with Gasteiger partial charge in [0.25, 0.3) is 0 Å². The molecule has 0 bridgehead atoms. The average molecular weight is 280 g/mol. The van der Waals surface area contributed by atoms with Crippen molar-refractivity contribution in [1.82, 2.24) is 10.2 Å². The van der Waals surface area contributed by atoms with E-state index in [-0.39, 0.29) is 23.8 Å². The number of carbonyl (C=O) groups is 1. The molecule has 110 valence electrons. The molecule has 1 aromatic carbocycles. The number of amides is 1. The van der Waals surface area contributed by atoms with Crippen molar-refractivity contribution in [3.05, 3.63) is 35.6 Å². The van der Waals surface area contributed by atoms with Crippen molar-refractivity contribution in [2.24, 2.45) is 0 Å². The molecule has 0 saturated carbocycles. The van der Waals surface area contributed by atoms with E-state index in [1.54, 1.807) is 11.0 Å². The van der Waals surface area contributed by atoms with Crippen molar-refractivity contribution in [2.75, 3.05) is 26.3 Å². The van der Waals surface area contributed by atoms with Gasteiger partial charge in [0.1, 0.15) is 5.82 Å². The van der Waals surface area contributed by atoms with Crippen LogP contribution in [0.3, 0.4) is 0 Å². The van der Waals surface area contributed by atoms with Crippen molar-refractivity contribution in [3.63, 3.8) is 0 Å². The summed E-state index contributed by atoms with van der Waals surface area (Å²) in [5.41, 5.74) is 0.839. The summed E-state index contributed by atoms with van der Waals surface area (Å²) in [6.07, 6.45) is 0. The predicted octanol–water partition coefficient (Wildman–Crippen LogP) is 1.72. The predicted molar refractivity (Wildman–Crippen MR) is 74.8 cm³/mol. The van der Waals surface area contributed by atoms with E-state index in [1.807, 2.05) is 19.9 Å². The highest BCUT2D eigenvalue weighted by Gasteiger charge is 2.23. The summed E-state index contributed by atoms with van der Waals surface area (Å²) in [6.45, 7) is 6.24. The molecule has 1 saturated heterocycles. The number of morpholine rings is 1. The van der Waals surface area contributed by atoms with Gasteiger partial charge in [-0.05, 0) is 31.5 Å². The van der Waals surface area contributed by atoms with Gasteiger partial charge in [-0.3, -0.25) is 10.1 Å². The number of halogens is 1. The lowest BCUT2D eigenvalue weighted by atomic mass is 10.1. The molecule has 1 aliphatic rings. The van der Waals surface area contributed by atoms with Gasteiger partial charge in [-0.2, -0.15) is 0 Å². The number of rotatable bonds is 4. The first-order valence-electron chi connectivity index (χ1n) is 6.96. The van der Waals surface area contributed by atoms with Crippen molar-refractivity contribution in [3.8, 4) is 0 Å². The highest BCUT2D eigenvalue weighted by Crippen LogP contribution is 2.14. The fourth-order valence-corrected chi connectivity index (χ4v) is 2.38. The zero-order valence-corrected chi connectivity index (χ0v) is 11.9. The Morgan fingerprint density at radius 3 is 2.70 bits per heavy atom. The van der Waals surface area contributed by atoms with Gasteiger partial charge in [0.05, 0.1) is 19.3 Å². The molecule has 1 heterocycles. The molecule has 0 aromatic heterocycles. The summed E-state index contributed by atoms with van der Waals surface area (Å²) in [4.78, 5) is 14.1. The van der Waals surface area contributed by atoms with E-state index in [0.717, 1.165) is 5.56 Å². The Bertz CT molecular complexity index is 461. The highest BCUT2D eigenvalue weighted by molar-refractivity contribution is 5.81. The number of hydrogen-bond donors (Lipinski definition) is 1. The van der Waals surface area contributed by atoms with Crippen LogP contribution in [0, 0.1) is 5.82 Å². The molecule has 0 spiro atoms. The Hall–Kier alpha value is -1.46. The molecule has 1 aliphatic heterocycles. The summed E-state index contributed by atoms with van der Waals surface area (Å²) in [5.74, 6) is -0.195. The van der Waals surface area contributed by atoms with Crippen LogP contribution in [-0.2, 0) is 9.53 Å². The van der Waals surface area contributed by atoms with Crippen molar-refractivity contribution >= 4 is 5.91 Å². The van der Waals surface area contributed by atoms with E-state index in [0.29, 0.717) is 26.3 Å². The van der Waals surface area contributed by atoms with E-state index in [4.69, 9.17) is 4.74 Å². The summed E-state index contributed by atoms with van der Waals surface area (Å²) >= 11 is 0. The molecule has 1 amide bonds. The molecule has 0 aliphatic carbocycles. The average Bonchev–Trinajstić information content (AvgIpc) is 2.47. The Labute approximate surface area is 118 Å². The number of carbonyl (C=O) groups excluding carboxylic acids is 1. The minimum atomic E-state index is -0.300. The van der Waals surface area contributed by atoms with Gasteiger partial charge < -0.3 is 9.64 Å². The summed E-state index contributed by atoms with van der Waals surface area (Å²) in [6, 6.07) is 6.06. The minimum absolute atomic E-state index is 0.0663. The Morgan fingerprint density at radius 1 is 1.35 bits per heavy atom. The number of hydrogen-bond acceptors (Lipinski definition) is 3. The van der Waals surface area contributed by atoms with Gasteiger partial charge in [-0.1, -0.05) is 12.1 Å². The quantitative estimate of drug-likeness (QED) is 0.913. The van der Waals surface area contributed by atoms with Crippen molar-refractivity contribution < 1.29 is 13.9 Å². The van der Waals surface area contributed by atoms with Gasteiger partial charge in [0, 0.05) is 19.1 Å². The van der Waals surface area contributed by atoms with Crippen LogP contribution in [0.2, 0.25) is 0 Å². The molecule has 2 atom stereocenters. The molecule has 0 radical (unpaired) electrons. The lowest BCUT2D eigenvalue weighted by Gasteiger charge is -2.30. The molecule has 20 heavy (non-hydrogen) atoms. The minimum Gasteiger partial charge on any atom is -0.378 e. The molecule has 5 heteroatoms. The van der Waals surface area contributed by atoms with E-state index in [2.05, 4.69) is 5.32 Å². The van der Waals surface area contributed by atoms with Gasteiger partial charge in [-0.25, -0.2) is 4.39 Å². The summed E-state index contributed by atoms with van der Waals surface area (Å²) in [5, 5.41) is 3.22. The number of nitrogens with one attached hydrogen (secondary N) is 1. The zero-order valence-electron chi connectivity index (χ0n) is 11.9. The summed E-state index contributed by atoms with van der Waals surface area (Å²) < 4.78 is 18.4. The molecule has 2 rings (SSSR count). The second-order valence-electron chi connectivity index (χ2n) is 5.10. The number of nitrogens with zero attached hydrogens (tertiary/aromatic N) is 1. The fraction of sp³-hybridized carbons (Fsp3) is 0.533. The standard InChI is InChI=1S/C15H21FN2O2/c1-11(13-4-3-5-14(16)10-13)17-12(2)15(19)18-6-8-20-9-7-18/h3-5,10-12,17H,6-9H2,1-2H3. The van der Waals surface area contributed by atoms with Crippen LogP contribution in [0.5, 0.6) is 0 Å². The van der Waals surface area contributed by atoms with E-state index >= 15 is 0 Å². The molecule has 4 nitrogen and oxygen atoms in total. The van der Waals surface area contributed by atoms with E-state index in [1.165, 1.54) is 12.1 Å². The SMILES string of the molecule is CC(NC(C)c1cccc(F)c1)C(=O)N1CCOCC1. The monoisotopic (exact) mass is 280 g/mol. The molecular weight excluding hydrogens is 259 g/mol. The molecule has 1 aromatic rings. The van der Waals surface area contributed by atoms with Crippen LogP contribution < -0.4 is 5.32 Å². The fourth-order valence-electron chi connectivity index (χ4n) is 2.38. The first-order valence-corrected chi connectivity index (χ1v) is 6.96. The normalized spacial score (nSPS) is 18.6. The third kappa shape index (κ3) is 3.77. The largest absolute Gasteiger partial charge is 0.378 e. The number of benzene rings is 1. The second kappa shape index (κ2) is 6.81. The Morgan fingerprint density at radius 2 is 2.05 bits per heavy atom. The van der Waals surface area contributed by atoms with Crippen LogP contribution in [0.25, 0.3) is 0 Å². The first kappa shape index (κ1) is 14.9.